The zero-order chi connectivity index (χ0) is 22.0. The largest absolute Gasteiger partial charge is 0.497 e. The van der Waals surface area contributed by atoms with Crippen LogP contribution in [0, 0.1) is 11.6 Å². The molecule has 1 aliphatic rings. The second-order valence-corrected chi connectivity index (χ2v) is 7.00. The van der Waals surface area contributed by atoms with Crippen LogP contribution in [0.3, 0.4) is 0 Å². The van der Waals surface area contributed by atoms with Gasteiger partial charge in [0.15, 0.2) is 18.2 Å². The maximum absolute atomic E-state index is 13.3. The second kappa shape index (κ2) is 8.55. The number of H-pyrrole nitrogens is 1. The van der Waals surface area contributed by atoms with Crippen LogP contribution in [-0.2, 0) is 17.8 Å². The van der Waals surface area contributed by atoms with E-state index in [1.54, 1.807) is 31.4 Å². The molecule has 0 radical (unpaired) electrons. The van der Waals surface area contributed by atoms with Gasteiger partial charge in [-0.1, -0.05) is 0 Å². The summed E-state index contributed by atoms with van der Waals surface area (Å²) in [6.07, 6.45) is 0.359. The van der Waals surface area contributed by atoms with E-state index >= 15 is 0 Å². The van der Waals surface area contributed by atoms with Crippen LogP contribution in [0.25, 0.3) is 11.4 Å². The van der Waals surface area contributed by atoms with Gasteiger partial charge in [-0.3, -0.25) is 9.59 Å². The Morgan fingerprint density at radius 1 is 1.13 bits per heavy atom. The zero-order valence-corrected chi connectivity index (χ0v) is 16.7. The van der Waals surface area contributed by atoms with Gasteiger partial charge < -0.3 is 19.4 Å². The van der Waals surface area contributed by atoms with Gasteiger partial charge in [0.1, 0.15) is 17.3 Å². The highest BCUT2D eigenvalue weighted by Crippen LogP contribution is 2.22. The van der Waals surface area contributed by atoms with E-state index in [1.165, 1.54) is 11.0 Å². The molecule has 2 aromatic carbocycles. The van der Waals surface area contributed by atoms with Crippen molar-refractivity contribution in [3.63, 3.8) is 0 Å². The summed E-state index contributed by atoms with van der Waals surface area (Å²) in [5.74, 6) is -1.24. The molecule has 3 aromatic rings. The maximum Gasteiger partial charge on any atom is 0.260 e. The third kappa shape index (κ3) is 4.40. The molecule has 0 bridgehead atoms. The first-order valence-electron chi connectivity index (χ1n) is 9.56. The number of aromatic nitrogens is 2. The van der Waals surface area contributed by atoms with Crippen molar-refractivity contribution in [1.82, 2.24) is 14.9 Å². The monoisotopic (exact) mass is 427 g/mol. The number of hydrogen-bond donors (Lipinski definition) is 1. The lowest BCUT2D eigenvalue weighted by Crippen LogP contribution is -2.41. The van der Waals surface area contributed by atoms with Gasteiger partial charge in [0, 0.05) is 23.7 Å². The second-order valence-electron chi connectivity index (χ2n) is 7.00. The number of amides is 1. The minimum atomic E-state index is -1.05. The summed E-state index contributed by atoms with van der Waals surface area (Å²) in [5.41, 5.74) is 1.54. The molecule has 1 amide bonds. The van der Waals surface area contributed by atoms with Crippen LogP contribution < -0.4 is 15.0 Å². The quantitative estimate of drug-likeness (QED) is 0.677. The normalized spacial score (nSPS) is 12.9. The van der Waals surface area contributed by atoms with Crippen molar-refractivity contribution in [2.24, 2.45) is 0 Å². The Bertz CT molecular complexity index is 1180. The Kier molecular flexibility index (Phi) is 5.66. The van der Waals surface area contributed by atoms with Gasteiger partial charge in [-0.05, 0) is 42.8 Å². The van der Waals surface area contributed by atoms with Crippen LogP contribution in [0.1, 0.15) is 11.3 Å². The number of halogens is 2. The van der Waals surface area contributed by atoms with Gasteiger partial charge in [-0.15, -0.1) is 0 Å². The fraction of sp³-hybridized carbons (Fsp3) is 0.227. The van der Waals surface area contributed by atoms with Gasteiger partial charge in [-0.2, -0.15) is 0 Å². The molecule has 2 heterocycles. The molecule has 0 saturated carbocycles. The summed E-state index contributed by atoms with van der Waals surface area (Å²) in [4.78, 5) is 33.9. The van der Waals surface area contributed by atoms with Gasteiger partial charge in [0.25, 0.3) is 11.5 Å². The molecule has 1 aliphatic heterocycles. The third-order valence-electron chi connectivity index (χ3n) is 5.04. The lowest BCUT2D eigenvalue weighted by atomic mass is 10.1. The number of carbonyl (C=O) groups is 1. The molecule has 0 atom stereocenters. The van der Waals surface area contributed by atoms with E-state index in [1.807, 2.05) is 0 Å². The van der Waals surface area contributed by atoms with Gasteiger partial charge in [-0.25, -0.2) is 13.8 Å². The number of rotatable bonds is 5. The average molecular weight is 427 g/mol. The molecule has 9 heteroatoms. The van der Waals surface area contributed by atoms with E-state index in [4.69, 9.17) is 9.47 Å². The number of carbonyl (C=O) groups excluding carboxylic acids is 1. The predicted octanol–water partition coefficient (Wildman–Crippen LogP) is 2.69. The molecule has 31 heavy (non-hydrogen) atoms. The van der Waals surface area contributed by atoms with Crippen molar-refractivity contribution in [3.05, 3.63) is 75.7 Å². The average Bonchev–Trinajstić information content (AvgIpc) is 2.79. The van der Waals surface area contributed by atoms with E-state index < -0.39 is 11.6 Å². The summed E-state index contributed by atoms with van der Waals surface area (Å²) in [6.45, 7) is 0.150. The number of fused-ring (bicyclic) bond motifs is 1. The Hall–Kier alpha value is -3.75. The Morgan fingerprint density at radius 2 is 1.87 bits per heavy atom. The minimum absolute atomic E-state index is 0.0565. The minimum Gasteiger partial charge on any atom is -0.497 e. The van der Waals surface area contributed by atoms with E-state index in [-0.39, 0.29) is 30.4 Å². The van der Waals surface area contributed by atoms with E-state index in [0.717, 1.165) is 12.1 Å². The standard InChI is InChI=1S/C22H19F2N3O4/c1-30-14-4-2-13(3-5-14)21-25-19-11-27(9-8-16(19)22(29)26-21)20(28)12-31-15-6-7-17(23)18(24)10-15/h2-7,10H,8-9,11-12H2,1H3,(H,25,26,29). The summed E-state index contributed by atoms with van der Waals surface area (Å²) < 4.78 is 36.7. The number of methoxy groups -OCH3 is 1. The third-order valence-corrected chi connectivity index (χ3v) is 5.04. The molecule has 0 saturated heterocycles. The highest BCUT2D eigenvalue weighted by molar-refractivity contribution is 5.78. The number of benzene rings is 2. The molecule has 0 aliphatic carbocycles. The fourth-order valence-electron chi connectivity index (χ4n) is 3.34. The maximum atomic E-state index is 13.3. The lowest BCUT2D eigenvalue weighted by Gasteiger charge is -2.27. The number of nitrogens with zero attached hydrogens (tertiary/aromatic N) is 2. The van der Waals surface area contributed by atoms with Crippen molar-refractivity contribution in [2.75, 3.05) is 20.3 Å². The smallest absolute Gasteiger partial charge is 0.260 e. The van der Waals surface area contributed by atoms with Crippen LogP contribution >= 0.6 is 0 Å². The molecule has 1 aromatic heterocycles. The first kappa shape index (κ1) is 20.5. The Balaban J connectivity index is 1.48. The summed E-state index contributed by atoms with van der Waals surface area (Å²) in [7, 11) is 1.57. The van der Waals surface area contributed by atoms with Crippen molar-refractivity contribution in [2.45, 2.75) is 13.0 Å². The number of ether oxygens (including phenoxy) is 2. The van der Waals surface area contributed by atoms with Crippen molar-refractivity contribution < 1.29 is 23.0 Å². The summed E-state index contributed by atoms with van der Waals surface area (Å²) in [6, 6.07) is 10.2. The molecular formula is C22H19F2N3O4. The van der Waals surface area contributed by atoms with Gasteiger partial charge in [0.2, 0.25) is 0 Å². The van der Waals surface area contributed by atoms with Crippen molar-refractivity contribution in [3.8, 4) is 22.9 Å². The topological polar surface area (TPSA) is 84.5 Å². The van der Waals surface area contributed by atoms with Gasteiger partial charge in [0.05, 0.1) is 19.3 Å². The molecular weight excluding hydrogens is 408 g/mol. The Morgan fingerprint density at radius 3 is 2.58 bits per heavy atom. The molecule has 1 N–H and O–H groups in total. The predicted molar refractivity (Wildman–Crippen MR) is 108 cm³/mol. The molecule has 4 rings (SSSR count). The molecule has 160 valence electrons. The van der Waals surface area contributed by atoms with E-state index in [2.05, 4.69) is 9.97 Å². The highest BCUT2D eigenvalue weighted by atomic mass is 19.2. The van der Waals surface area contributed by atoms with Crippen LogP contribution in [0.4, 0.5) is 8.78 Å². The van der Waals surface area contributed by atoms with Crippen LogP contribution in [0.5, 0.6) is 11.5 Å². The molecule has 7 nitrogen and oxygen atoms in total. The zero-order valence-electron chi connectivity index (χ0n) is 16.7. The lowest BCUT2D eigenvalue weighted by molar-refractivity contribution is -0.134. The number of hydrogen-bond acceptors (Lipinski definition) is 5. The number of nitrogens with one attached hydrogen (secondary N) is 1. The van der Waals surface area contributed by atoms with Gasteiger partial charge >= 0.3 is 0 Å². The fourth-order valence-corrected chi connectivity index (χ4v) is 3.34. The first-order chi connectivity index (χ1) is 14.9. The van der Waals surface area contributed by atoms with Crippen molar-refractivity contribution in [1.29, 1.82) is 0 Å². The van der Waals surface area contributed by atoms with E-state index in [0.29, 0.717) is 41.4 Å². The first-order valence-corrected chi connectivity index (χ1v) is 9.56. The summed E-state index contributed by atoms with van der Waals surface area (Å²) >= 11 is 0. The van der Waals surface area contributed by atoms with Crippen LogP contribution in [-0.4, -0.2) is 41.0 Å². The highest BCUT2D eigenvalue weighted by Gasteiger charge is 2.25. The van der Waals surface area contributed by atoms with Crippen LogP contribution in [0.15, 0.2) is 47.3 Å². The van der Waals surface area contributed by atoms with E-state index in [9.17, 15) is 18.4 Å². The molecule has 0 unspecified atom stereocenters. The number of aromatic amines is 1. The van der Waals surface area contributed by atoms with Crippen LogP contribution in [0.2, 0.25) is 0 Å². The Labute approximate surface area is 176 Å². The van der Waals surface area contributed by atoms with Crippen molar-refractivity contribution >= 4 is 5.91 Å². The molecule has 0 fully saturated rings. The molecule has 0 spiro atoms. The summed E-state index contributed by atoms with van der Waals surface area (Å²) in [5, 5.41) is 0. The SMILES string of the molecule is COc1ccc(-c2nc3c(c(=O)[nH]2)CCN(C(=O)COc2ccc(F)c(F)c2)C3)cc1.